The first kappa shape index (κ1) is 11.7. The molecule has 2 amide bonds. The van der Waals surface area contributed by atoms with Crippen molar-refractivity contribution in [2.24, 2.45) is 0 Å². The smallest absolute Gasteiger partial charge is 0.270 e. The predicted octanol–water partition coefficient (Wildman–Crippen LogP) is 0.451. The maximum Gasteiger partial charge on any atom is 0.270 e. The molecule has 1 atom stereocenters. The Bertz CT molecular complexity index is 619. The fraction of sp³-hybridized carbons (Fsp3) is 0.429. The Kier molecular flexibility index (Phi) is 2.63. The van der Waals surface area contributed by atoms with Crippen LogP contribution in [0.4, 0.5) is 5.69 Å². The monoisotopic (exact) mass is 276 g/mol. The number of amides is 2. The number of nitrogens with zero attached hydrogens (tertiary/aromatic N) is 1. The van der Waals surface area contributed by atoms with Crippen LogP contribution in [0.5, 0.6) is 5.75 Å². The van der Waals surface area contributed by atoms with Crippen LogP contribution >= 0.6 is 0 Å². The minimum absolute atomic E-state index is 0.124. The van der Waals surface area contributed by atoms with E-state index in [1.165, 1.54) is 10.2 Å². The van der Waals surface area contributed by atoms with Crippen molar-refractivity contribution in [3.8, 4) is 5.75 Å². The van der Waals surface area contributed by atoms with Crippen LogP contribution in [-0.4, -0.2) is 49.5 Å². The van der Waals surface area contributed by atoms with Crippen LogP contribution in [0, 0.1) is 0 Å². The van der Waals surface area contributed by atoms with E-state index in [4.69, 9.17) is 6.15 Å². The molecular formula is C14H17N3O3. The molecule has 1 aromatic carbocycles. The van der Waals surface area contributed by atoms with Gasteiger partial charge in [0.25, 0.3) is 11.8 Å². The number of rotatable bonds is 1. The largest absolute Gasteiger partial charge is 0.474 e. The minimum Gasteiger partial charge on any atom is -0.474 e. The first-order chi connectivity index (χ1) is 9.91. The molecule has 20 heavy (non-hydrogen) atoms. The lowest BCUT2D eigenvalue weighted by Crippen LogP contribution is -2.52. The highest BCUT2D eigenvalue weighted by atomic mass is 16.5. The number of benzene rings is 1. The zero-order valence-corrected chi connectivity index (χ0v) is 11.5. The molecule has 0 bridgehead atoms. The van der Waals surface area contributed by atoms with Gasteiger partial charge in [-0.05, 0) is 24.7 Å². The maximum atomic E-state index is 12.2. The molecule has 2 aliphatic heterocycles. The summed E-state index contributed by atoms with van der Waals surface area (Å²) >= 11 is 0. The van der Waals surface area contributed by atoms with Gasteiger partial charge in [0.2, 0.25) is 5.60 Å². The number of hydrogen-bond donors (Lipinski definition) is 2. The van der Waals surface area contributed by atoms with Gasteiger partial charge in [-0.3, -0.25) is 9.59 Å². The van der Waals surface area contributed by atoms with Crippen LogP contribution in [0.15, 0.2) is 18.2 Å². The second-order valence-corrected chi connectivity index (χ2v) is 5.32. The van der Waals surface area contributed by atoms with Gasteiger partial charge in [-0.15, -0.1) is 0 Å². The Hall–Kier alpha value is -2.08. The lowest BCUT2D eigenvalue weighted by Gasteiger charge is -2.34. The summed E-state index contributed by atoms with van der Waals surface area (Å²) in [7, 11) is 3.36. The van der Waals surface area contributed by atoms with Crippen LogP contribution < -0.4 is 15.4 Å². The van der Waals surface area contributed by atoms with E-state index in [1.54, 1.807) is 32.3 Å². The highest BCUT2D eigenvalue weighted by Gasteiger charge is 2.47. The predicted molar refractivity (Wildman–Crippen MR) is 73.9 cm³/mol. The van der Waals surface area contributed by atoms with Crippen LogP contribution in [0.1, 0.15) is 16.8 Å². The van der Waals surface area contributed by atoms with E-state index in [0.29, 0.717) is 30.0 Å². The maximum absolute atomic E-state index is 12.2. The fourth-order valence-corrected chi connectivity index (χ4v) is 2.46. The molecule has 0 radical (unpaired) electrons. The molecule has 0 aromatic heterocycles. The van der Waals surface area contributed by atoms with E-state index in [0.717, 1.165) is 0 Å². The molecule has 2 N–H and O–H groups in total. The summed E-state index contributed by atoms with van der Waals surface area (Å²) in [6.45, 7) is 0.712. The van der Waals surface area contributed by atoms with Crippen molar-refractivity contribution in [1.82, 2.24) is 10.2 Å². The quantitative estimate of drug-likeness (QED) is 0.781. The standard InChI is InChI=1S/C14H17N3O3/c1-17(2)12(18)9-3-4-10-11(7-9)20-14(13(19)16-10)5-6-15-8-14/h3-4,7,15H,5-6,8H2,1-2H3,(H,16,19)/t14-/m1/s1/i/hD. The average molecular weight is 276 g/mol. The van der Waals surface area contributed by atoms with Crippen molar-refractivity contribution in [3.63, 3.8) is 0 Å². The summed E-state index contributed by atoms with van der Waals surface area (Å²) in [5.41, 5.74) is 0.0456. The first-order valence-electron chi connectivity index (χ1n) is 6.96. The van der Waals surface area contributed by atoms with E-state index in [9.17, 15) is 9.59 Å². The Morgan fingerprint density at radius 3 is 2.95 bits per heavy atom. The molecule has 0 aliphatic carbocycles. The molecule has 2 heterocycles. The molecule has 3 rings (SSSR count). The number of carbonyl (C=O) groups is 2. The van der Waals surface area contributed by atoms with Crippen LogP contribution in [0.2, 0.25) is 1.41 Å². The number of hydrogen-bond acceptors (Lipinski definition) is 4. The van der Waals surface area contributed by atoms with Crippen molar-refractivity contribution in [1.29, 1.82) is 0 Å². The van der Waals surface area contributed by atoms with Crippen molar-refractivity contribution in [2.75, 3.05) is 32.5 Å². The zero-order valence-electron chi connectivity index (χ0n) is 12.5. The van der Waals surface area contributed by atoms with E-state index in [-0.39, 0.29) is 18.4 Å². The Balaban J connectivity index is 1.95. The topological polar surface area (TPSA) is 70.7 Å². The van der Waals surface area contributed by atoms with Gasteiger partial charge in [0, 0.05) is 32.6 Å². The molecule has 106 valence electrons. The summed E-state index contributed by atoms with van der Waals surface area (Å²) in [6.07, 6.45) is 0.466. The minimum atomic E-state index is -1.02. The number of anilines is 1. The molecule has 0 unspecified atom stereocenters. The van der Waals surface area contributed by atoms with Crippen LogP contribution in [0.25, 0.3) is 0 Å². The van der Waals surface area contributed by atoms with E-state index in [1.807, 2.05) is 0 Å². The highest BCUT2D eigenvalue weighted by Crippen LogP contribution is 2.37. The van der Waals surface area contributed by atoms with Crippen molar-refractivity contribution < 1.29 is 15.7 Å². The van der Waals surface area contributed by atoms with Gasteiger partial charge in [-0.1, -0.05) is 0 Å². The third-order valence-electron chi connectivity index (χ3n) is 3.64. The second kappa shape index (κ2) is 4.49. The number of ether oxygens (including phenoxy) is 1. The average Bonchev–Trinajstić information content (AvgIpc) is 2.81. The van der Waals surface area contributed by atoms with E-state index in [2.05, 4.69) is 5.32 Å². The molecule has 1 spiro atoms. The summed E-state index contributed by atoms with van der Waals surface area (Å²) in [5, 5.41) is 4.13. The molecule has 6 heteroatoms. The zero-order chi connectivity index (χ0) is 15.2. The lowest BCUT2D eigenvalue weighted by atomic mass is 9.99. The van der Waals surface area contributed by atoms with Gasteiger partial charge in [0.15, 0.2) is 0 Å². The van der Waals surface area contributed by atoms with Crippen molar-refractivity contribution in [3.05, 3.63) is 23.8 Å². The third-order valence-corrected chi connectivity index (χ3v) is 3.64. The third kappa shape index (κ3) is 1.92. The molecular weight excluding hydrogens is 258 g/mol. The SMILES string of the molecule is [2H]N1CC[C@]2(C1)Oc1cc(C(=O)N(C)C)ccc1NC2=O. The normalized spacial score (nSPS) is 25.7. The fourth-order valence-electron chi connectivity index (χ4n) is 2.46. The Labute approximate surface area is 118 Å². The second-order valence-electron chi connectivity index (χ2n) is 5.32. The van der Waals surface area contributed by atoms with Crippen LogP contribution in [0.3, 0.4) is 0 Å². The van der Waals surface area contributed by atoms with Gasteiger partial charge >= 0.3 is 0 Å². The van der Waals surface area contributed by atoms with E-state index < -0.39 is 5.60 Å². The summed E-state index contributed by atoms with van der Waals surface area (Å²) < 4.78 is 13.5. The van der Waals surface area contributed by atoms with Gasteiger partial charge in [0.1, 0.15) is 7.16 Å². The molecule has 2 aliphatic rings. The van der Waals surface area contributed by atoms with E-state index >= 15 is 0 Å². The van der Waals surface area contributed by atoms with Gasteiger partial charge < -0.3 is 20.3 Å². The highest BCUT2D eigenvalue weighted by molar-refractivity contribution is 6.02. The van der Waals surface area contributed by atoms with Gasteiger partial charge in [0.05, 0.1) is 5.69 Å². The summed E-state index contributed by atoms with van der Waals surface area (Å²) in [6, 6.07) is 4.98. The summed E-state index contributed by atoms with van der Waals surface area (Å²) in [5.74, 6) is 0.134. The van der Waals surface area contributed by atoms with Crippen molar-refractivity contribution in [2.45, 2.75) is 12.0 Å². The van der Waals surface area contributed by atoms with Gasteiger partial charge in [-0.25, -0.2) is 0 Å². The molecule has 1 saturated heterocycles. The van der Waals surface area contributed by atoms with Crippen molar-refractivity contribution >= 4 is 17.5 Å². The molecule has 1 aromatic rings. The Morgan fingerprint density at radius 1 is 1.50 bits per heavy atom. The molecule has 0 saturated carbocycles. The first-order valence-corrected chi connectivity index (χ1v) is 6.51. The Morgan fingerprint density at radius 2 is 2.30 bits per heavy atom. The molecule has 1 fully saturated rings. The number of fused-ring (bicyclic) bond motifs is 1. The summed E-state index contributed by atoms with van der Waals surface area (Å²) in [4.78, 5) is 25.7. The molecule has 6 nitrogen and oxygen atoms in total. The number of nitrogens with one attached hydrogen (secondary N) is 2. The lowest BCUT2D eigenvalue weighted by molar-refractivity contribution is -0.130. The van der Waals surface area contributed by atoms with Crippen LogP contribution in [-0.2, 0) is 4.79 Å². The van der Waals surface area contributed by atoms with Gasteiger partial charge in [-0.2, -0.15) is 0 Å². The number of carbonyl (C=O) groups excluding carboxylic acids is 2.